The summed E-state index contributed by atoms with van der Waals surface area (Å²) in [5.74, 6) is 0. The fourth-order valence-corrected chi connectivity index (χ4v) is 10.6. The average Bonchev–Trinajstić information content (AvgIpc) is 3.79. The van der Waals surface area contributed by atoms with Crippen LogP contribution < -0.4 is 4.90 Å². The molecule has 0 aliphatic heterocycles. The minimum atomic E-state index is -0.137. The molecule has 10 aromatic rings. The van der Waals surface area contributed by atoms with Crippen LogP contribution in [0.3, 0.4) is 0 Å². The van der Waals surface area contributed by atoms with Crippen molar-refractivity contribution in [2.24, 2.45) is 0 Å². The first-order valence-electron chi connectivity index (χ1n) is 20.4. The first-order valence-corrected chi connectivity index (χ1v) is 21.2. The number of rotatable bonds is 7. The van der Waals surface area contributed by atoms with Crippen LogP contribution in [0.5, 0.6) is 0 Å². The highest BCUT2D eigenvalue weighted by atomic mass is 32.1. The molecule has 280 valence electrons. The molecule has 0 unspecified atom stereocenters. The van der Waals surface area contributed by atoms with E-state index >= 15 is 0 Å². The molecular weight excluding hydrogens is 731 g/mol. The van der Waals surface area contributed by atoms with Gasteiger partial charge in [0.2, 0.25) is 0 Å². The average molecular weight is 772 g/mol. The lowest BCUT2D eigenvalue weighted by Gasteiger charge is -2.29. The van der Waals surface area contributed by atoms with Gasteiger partial charge in [-0.05, 0) is 110 Å². The standard InChI is InChI=1S/C57H41NS/c1-57(2)52-26-16-15-25-47(52)48-32-31-46(37-53(48)57)58(45-29-27-41(28-30-45)38-17-7-3-8-18-38)54-36-44(40-21-11-5-12-22-40)35-51-50-34-43(39-19-9-4-10-20-39)33-49(55(50)59-56(51)54)42-23-13-6-14-24-42/h3-37H,1-2H3. The van der Waals surface area contributed by atoms with E-state index in [0.717, 1.165) is 11.4 Å². The topological polar surface area (TPSA) is 3.24 Å². The van der Waals surface area contributed by atoms with E-state index in [0.29, 0.717) is 0 Å². The largest absolute Gasteiger partial charge is 0.309 e. The quantitative estimate of drug-likeness (QED) is 0.156. The van der Waals surface area contributed by atoms with E-state index in [1.165, 1.54) is 92.6 Å². The SMILES string of the molecule is CC1(C)c2ccccc2-c2ccc(N(c3ccc(-c4ccccc4)cc3)c3cc(-c4ccccc4)cc4c3sc3c(-c5ccccc5)cc(-c5ccccc5)cc34)cc21. The molecule has 0 amide bonds. The van der Waals surface area contributed by atoms with Gasteiger partial charge in [-0.3, -0.25) is 0 Å². The fourth-order valence-electron chi connectivity index (χ4n) is 9.25. The van der Waals surface area contributed by atoms with E-state index in [4.69, 9.17) is 0 Å². The molecule has 1 heterocycles. The first kappa shape index (κ1) is 35.2. The van der Waals surface area contributed by atoms with Gasteiger partial charge < -0.3 is 4.90 Å². The van der Waals surface area contributed by atoms with E-state index in [2.05, 4.69) is 231 Å². The minimum absolute atomic E-state index is 0.137. The van der Waals surface area contributed by atoms with Crippen molar-refractivity contribution in [1.29, 1.82) is 0 Å². The van der Waals surface area contributed by atoms with Crippen molar-refractivity contribution in [3.05, 3.63) is 223 Å². The van der Waals surface area contributed by atoms with Gasteiger partial charge in [-0.25, -0.2) is 0 Å². The number of hydrogen-bond donors (Lipinski definition) is 0. The van der Waals surface area contributed by atoms with Crippen LogP contribution in [0.2, 0.25) is 0 Å². The Labute approximate surface area is 350 Å². The number of benzene rings is 9. The van der Waals surface area contributed by atoms with E-state index in [1.807, 2.05) is 11.3 Å². The molecule has 1 aliphatic rings. The van der Waals surface area contributed by atoms with Crippen molar-refractivity contribution in [3.8, 4) is 55.6 Å². The summed E-state index contributed by atoms with van der Waals surface area (Å²) < 4.78 is 2.56. The second-order valence-electron chi connectivity index (χ2n) is 16.1. The Morgan fingerprint density at radius 1 is 0.339 bits per heavy atom. The highest BCUT2D eigenvalue weighted by molar-refractivity contribution is 7.27. The lowest BCUT2D eigenvalue weighted by Crippen LogP contribution is -2.16. The van der Waals surface area contributed by atoms with Crippen molar-refractivity contribution >= 4 is 48.6 Å². The normalized spacial score (nSPS) is 12.7. The molecule has 0 saturated heterocycles. The highest BCUT2D eigenvalue weighted by Crippen LogP contribution is 2.53. The molecular formula is C57H41NS. The van der Waals surface area contributed by atoms with Crippen molar-refractivity contribution < 1.29 is 0 Å². The van der Waals surface area contributed by atoms with Gasteiger partial charge in [-0.1, -0.05) is 178 Å². The van der Waals surface area contributed by atoms with Gasteiger partial charge in [-0.2, -0.15) is 0 Å². The summed E-state index contributed by atoms with van der Waals surface area (Å²) in [5, 5.41) is 2.53. The van der Waals surface area contributed by atoms with Crippen molar-refractivity contribution in [2.75, 3.05) is 4.90 Å². The molecule has 59 heavy (non-hydrogen) atoms. The Morgan fingerprint density at radius 2 is 0.814 bits per heavy atom. The van der Waals surface area contributed by atoms with Crippen LogP contribution >= 0.6 is 11.3 Å². The minimum Gasteiger partial charge on any atom is -0.309 e. The summed E-state index contributed by atoms with van der Waals surface area (Å²) in [4.78, 5) is 2.51. The van der Waals surface area contributed by atoms with Gasteiger partial charge in [0, 0.05) is 37.8 Å². The van der Waals surface area contributed by atoms with E-state index in [1.54, 1.807) is 0 Å². The monoisotopic (exact) mass is 771 g/mol. The summed E-state index contributed by atoms with van der Waals surface area (Å²) in [5.41, 5.74) is 18.4. The van der Waals surface area contributed by atoms with Crippen LogP contribution in [0.4, 0.5) is 17.1 Å². The van der Waals surface area contributed by atoms with Gasteiger partial charge in [-0.15, -0.1) is 11.3 Å². The Morgan fingerprint density at radius 3 is 1.44 bits per heavy atom. The van der Waals surface area contributed by atoms with Crippen LogP contribution in [-0.2, 0) is 5.41 Å². The molecule has 0 atom stereocenters. The Kier molecular flexibility index (Phi) is 8.43. The molecule has 11 rings (SSSR count). The van der Waals surface area contributed by atoms with Crippen molar-refractivity contribution in [2.45, 2.75) is 19.3 Å². The van der Waals surface area contributed by atoms with E-state index in [9.17, 15) is 0 Å². The number of anilines is 3. The van der Waals surface area contributed by atoms with Crippen LogP contribution in [-0.4, -0.2) is 0 Å². The third-order valence-electron chi connectivity index (χ3n) is 12.3. The molecule has 9 aromatic carbocycles. The summed E-state index contributed by atoms with van der Waals surface area (Å²) in [6, 6.07) is 78.1. The van der Waals surface area contributed by atoms with Gasteiger partial charge >= 0.3 is 0 Å². The second kappa shape index (κ2) is 14.1. The zero-order chi connectivity index (χ0) is 39.5. The van der Waals surface area contributed by atoms with Gasteiger partial charge in [0.15, 0.2) is 0 Å². The third-order valence-corrected chi connectivity index (χ3v) is 13.5. The summed E-state index contributed by atoms with van der Waals surface area (Å²) in [6.07, 6.45) is 0. The molecule has 1 aliphatic carbocycles. The zero-order valence-corrected chi connectivity index (χ0v) is 33.9. The zero-order valence-electron chi connectivity index (χ0n) is 33.1. The lowest BCUT2D eigenvalue weighted by atomic mass is 9.82. The van der Waals surface area contributed by atoms with E-state index in [-0.39, 0.29) is 5.41 Å². The predicted octanol–water partition coefficient (Wildman–Crippen LogP) is 16.5. The molecule has 0 radical (unpaired) electrons. The Bertz CT molecular complexity index is 3150. The third kappa shape index (κ3) is 5.99. The molecule has 1 nitrogen and oxygen atoms in total. The molecule has 0 bridgehead atoms. The molecule has 0 spiro atoms. The summed E-state index contributed by atoms with van der Waals surface area (Å²) in [7, 11) is 0. The van der Waals surface area contributed by atoms with Gasteiger partial charge in [0.1, 0.15) is 0 Å². The maximum atomic E-state index is 2.51. The van der Waals surface area contributed by atoms with Gasteiger partial charge in [0.25, 0.3) is 0 Å². The molecule has 1 aromatic heterocycles. The second-order valence-corrected chi connectivity index (χ2v) is 17.1. The van der Waals surface area contributed by atoms with Crippen molar-refractivity contribution in [3.63, 3.8) is 0 Å². The van der Waals surface area contributed by atoms with Crippen molar-refractivity contribution in [1.82, 2.24) is 0 Å². The Hall–Kier alpha value is -7.00. The lowest BCUT2D eigenvalue weighted by molar-refractivity contribution is 0.660. The number of fused-ring (bicyclic) bond motifs is 6. The predicted molar refractivity (Wildman–Crippen MR) is 253 cm³/mol. The highest BCUT2D eigenvalue weighted by Gasteiger charge is 2.36. The first-order chi connectivity index (χ1) is 29.0. The molecule has 2 heteroatoms. The Balaban J connectivity index is 1.21. The smallest absolute Gasteiger partial charge is 0.0646 e. The van der Waals surface area contributed by atoms with Crippen LogP contribution in [0, 0.1) is 0 Å². The van der Waals surface area contributed by atoms with Crippen LogP contribution in [0.15, 0.2) is 212 Å². The van der Waals surface area contributed by atoms with Crippen LogP contribution in [0.25, 0.3) is 75.8 Å². The molecule has 0 N–H and O–H groups in total. The van der Waals surface area contributed by atoms with Gasteiger partial charge in [0.05, 0.1) is 10.4 Å². The maximum absolute atomic E-state index is 2.51. The fraction of sp³-hybridized carbons (Fsp3) is 0.0526. The number of hydrogen-bond acceptors (Lipinski definition) is 2. The number of thiophene rings is 1. The summed E-state index contributed by atoms with van der Waals surface area (Å²) in [6.45, 7) is 4.74. The maximum Gasteiger partial charge on any atom is 0.0646 e. The summed E-state index contributed by atoms with van der Waals surface area (Å²) >= 11 is 1.91. The number of nitrogens with zero attached hydrogens (tertiary/aromatic N) is 1. The molecule has 0 fully saturated rings. The van der Waals surface area contributed by atoms with Crippen LogP contribution in [0.1, 0.15) is 25.0 Å². The molecule has 0 saturated carbocycles. The van der Waals surface area contributed by atoms with E-state index < -0.39 is 0 Å².